The number of aliphatic hydroxyl groups excluding tert-OH is 1. The summed E-state index contributed by atoms with van der Waals surface area (Å²) in [5, 5.41) is 10.8. The molecule has 1 heterocycles. The van der Waals surface area contributed by atoms with Gasteiger partial charge in [0.15, 0.2) is 0 Å². The molecule has 0 saturated heterocycles. The summed E-state index contributed by atoms with van der Waals surface area (Å²) < 4.78 is 19.1. The first-order valence-corrected chi connectivity index (χ1v) is 6.82. The van der Waals surface area contributed by atoms with Crippen LogP contribution in [0.1, 0.15) is 35.3 Å². The van der Waals surface area contributed by atoms with Crippen molar-refractivity contribution in [3.8, 4) is 5.75 Å². The molecule has 2 atom stereocenters. The second-order valence-corrected chi connectivity index (χ2v) is 5.46. The number of ether oxygens (including phenoxy) is 1. The van der Waals surface area contributed by atoms with Crippen molar-refractivity contribution in [2.75, 3.05) is 0 Å². The Labute approximate surface area is 121 Å². The SMILES string of the molecule is Cc1ccc(C2C[C@H](O)c3ccc(F)cc3O2)cc1Cl. The zero-order valence-corrected chi connectivity index (χ0v) is 11.7. The number of fused-ring (bicyclic) bond motifs is 1. The summed E-state index contributed by atoms with van der Waals surface area (Å²) in [5.41, 5.74) is 2.49. The van der Waals surface area contributed by atoms with Crippen LogP contribution in [0.3, 0.4) is 0 Å². The van der Waals surface area contributed by atoms with Gasteiger partial charge in [0.1, 0.15) is 17.7 Å². The van der Waals surface area contributed by atoms with Crippen LogP contribution in [0.15, 0.2) is 36.4 Å². The number of hydrogen-bond acceptors (Lipinski definition) is 2. The Morgan fingerprint density at radius 3 is 2.80 bits per heavy atom. The van der Waals surface area contributed by atoms with E-state index in [0.29, 0.717) is 22.8 Å². The molecule has 2 aromatic rings. The van der Waals surface area contributed by atoms with E-state index in [-0.39, 0.29) is 11.9 Å². The molecule has 1 unspecified atom stereocenters. The van der Waals surface area contributed by atoms with Gasteiger partial charge in [-0.15, -0.1) is 0 Å². The molecule has 2 aromatic carbocycles. The number of rotatable bonds is 1. The van der Waals surface area contributed by atoms with Crippen LogP contribution in [0.4, 0.5) is 4.39 Å². The molecule has 20 heavy (non-hydrogen) atoms. The number of aliphatic hydroxyl groups is 1. The average Bonchev–Trinajstić information content (AvgIpc) is 2.41. The average molecular weight is 293 g/mol. The van der Waals surface area contributed by atoms with Crippen molar-refractivity contribution in [2.45, 2.75) is 25.6 Å². The Balaban J connectivity index is 1.96. The lowest BCUT2D eigenvalue weighted by molar-refractivity contribution is 0.0654. The predicted molar refractivity (Wildman–Crippen MR) is 75.5 cm³/mol. The fourth-order valence-corrected chi connectivity index (χ4v) is 2.62. The summed E-state index contributed by atoms with van der Waals surface area (Å²) >= 11 is 6.12. The van der Waals surface area contributed by atoms with Crippen LogP contribution in [0.2, 0.25) is 5.02 Å². The molecule has 0 aromatic heterocycles. The summed E-state index contributed by atoms with van der Waals surface area (Å²) in [5.74, 6) is 0.0176. The minimum Gasteiger partial charge on any atom is -0.485 e. The summed E-state index contributed by atoms with van der Waals surface area (Å²) in [6, 6.07) is 9.86. The zero-order chi connectivity index (χ0) is 14.3. The van der Waals surface area contributed by atoms with Gasteiger partial charge in [-0.3, -0.25) is 0 Å². The van der Waals surface area contributed by atoms with Crippen molar-refractivity contribution in [1.29, 1.82) is 0 Å². The normalized spacial score (nSPS) is 21.2. The molecule has 0 amide bonds. The highest BCUT2D eigenvalue weighted by atomic mass is 35.5. The second-order valence-electron chi connectivity index (χ2n) is 5.05. The van der Waals surface area contributed by atoms with Gasteiger partial charge in [0.2, 0.25) is 0 Å². The first-order valence-electron chi connectivity index (χ1n) is 6.45. The summed E-state index contributed by atoms with van der Waals surface area (Å²) in [6.45, 7) is 1.92. The maximum atomic E-state index is 13.3. The van der Waals surface area contributed by atoms with Gasteiger partial charge in [-0.2, -0.15) is 0 Å². The van der Waals surface area contributed by atoms with E-state index < -0.39 is 6.10 Å². The van der Waals surface area contributed by atoms with Crippen LogP contribution in [0.25, 0.3) is 0 Å². The van der Waals surface area contributed by atoms with Crippen molar-refractivity contribution < 1.29 is 14.2 Å². The van der Waals surface area contributed by atoms with Crippen molar-refractivity contribution in [2.24, 2.45) is 0 Å². The molecular formula is C16H14ClFO2. The third-order valence-electron chi connectivity index (χ3n) is 3.61. The maximum absolute atomic E-state index is 13.3. The van der Waals surface area contributed by atoms with Gasteiger partial charge in [0.05, 0.1) is 6.10 Å². The van der Waals surface area contributed by atoms with Crippen molar-refractivity contribution in [3.63, 3.8) is 0 Å². The molecule has 0 spiro atoms. The van der Waals surface area contributed by atoms with E-state index in [1.165, 1.54) is 12.1 Å². The third-order valence-corrected chi connectivity index (χ3v) is 4.02. The Kier molecular flexibility index (Phi) is 3.40. The van der Waals surface area contributed by atoms with E-state index in [0.717, 1.165) is 11.1 Å². The van der Waals surface area contributed by atoms with Gasteiger partial charge >= 0.3 is 0 Å². The topological polar surface area (TPSA) is 29.5 Å². The van der Waals surface area contributed by atoms with E-state index >= 15 is 0 Å². The lowest BCUT2D eigenvalue weighted by Gasteiger charge is -2.30. The van der Waals surface area contributed by atoms with Crippen LogP contribution in [-0.2, 0) is 0 Å². The van der Waals surface area contributed by atoms with Crippen molar-refractivity contribution >= 4 is 11.6 Å². The molecule has 0 aliphatic carbocycles. The standard InChI is InChI=1S/C16H14ClFO2/c1-9-2-3-10(6-13(9)17)15-8-14(19)12-5-4-11(18)7-16(12)20-15/h2-7,14-15,19H,8H2,1H3/t14-,15?/m0/s1. The summed E-state index contributed by atoms with van der Waals surface area (Å²) in [7, 11) is 0. The largest absolute Gasteiger partial charge is 0.485 e. The predicted octanol–water partition coefficient (Wildman–Crippen LogP) is 4.34. The van der Waals surface area contributed by atoms with E-state index in [1.807, 2.05) is 25.1 Å². The molecule has 104 valence electrons. The van der Waals surface area contributed by atoms with E-state index in [9.17, 15) is 9.50 Å². The van der Waals surface area contributed by atoms with Gasteiger partial charge < -0.3 is 9.84 Å². The van der Waals surface area contributed by atoms with Crippen molar-refractivity contribution in [3.05, 3.63) is 63.9 Å². The first kappa shape index (κ1) is 13.4. The Morgan fingerprint density at radius 1 is 1.25 bits per heavy atom. The molecule has 0 radical (unpaired) electrons. The zero-order valence-electron chi connectivity index (χ0n) is 10.9. The highest BCUT2D eigenvalue weighted by Crippen LogP contribution is 2.41. The lowest BCUT2D eigenvalue weighted by Crippen LogP contribution is -2.19. The fraction of sp³-hybridized carbons (Fsp3) is 0.250. The van der Waals surface area contributed by atoms with E-state index in [1.54, 1.807) is 6.07 Å². The number of benzene rings is 2. The quantitative estimate of drug-likeness (QED) is 0.847. The first-order chi connectivity index (χ1) is 9.54. The van der Waals surface area contributed by atoms with Crippen LogP contribution in [0.5, 0.6) is 5.75 Å². The van der Waals surface area contributed by atoms with Gasteiger partial charge in [0, 0.05) is 23.1 Å². The molecule has 2 nitrogen and oxygen atoms in total. The number of aryl methyl sites for hydroxylation is 1. The molecule has 4 heteroatoms. The third kappa shape index (κ3) is 2.39. The summed E-state index contributed by atoms with van der Waals surface area (Å²) in [4.78, 5) is 0. The molecule has 0 fully saturated rings. The Morgan fingerprint density at radius 2 is 2.05 bits per heavy atom. The van der Waals surface area contributed by atoms with E-state index in [2.05, 4.69) is 0 Å². The molecule has 0 saturated carbocycles. The van der Waals surface area contributed by atoms with Crippen LogP contribution in [0, 0.1) is 12.7 Å². The van der Waals surface area contributed by atoms with E-state index in [4.69, 9.17) is 16.3 Å². The van der Waals surface area contributed by atoms with Gasteiger partial charge in [-0.1, -0.05) is 23.7 Å². The highest BCUT2D eigenvalue weighted by Gasteiger charge is 2.28. The number of halogens is 2. The van der Waals surface area contributed by atoms with Gasteiger partial charge in [0.25, 0.3) is 0 Å². The van der Waals surface area contributed by atoms with Crippen LogP contribution >= 0.6 is 11.6 Å². The van der Waals surface area contributed by atoms with Gasteiger partial charge in [-0.25, -0.2) is 4.39 Å². The minimum absolute atomic E-state index is 0.322. The Hall–Kier alpha value is -1.58. The fourth-order valence-electron chi connectivity index (χ4n) is 2.43. The molecular weight excluding hydrogens is 279 g/mol. The maximum Gasteiger partial charge on any atom is 0.128 e. The monoisotopic (exact) mass is 292 g/mol. The molecule has 0 bridgehead atoms. The summed E-state index contributed by atoms with van der Waals surface area (Å²) in [6.07, 6.45) is -0.556. The van der Waals surface area contributed by atoms with Crippen LogP contribution < -0.4 is 4.74 Å². The Bertz CT molecular complexity index is 657. The molecule has 1 N–H and O–H groups in total. The van der Waals surface area contributed by atoms with Crippen molar-refractivity contribution in [1.82, 2.24) is 0 Å². The highest BCUT2D eigenvalue weighted by molar-refractivity contribution is 6.31. The number of hydrogen-bond donors (Lipinski definition) is 1. The van der Waals surface area contributed by atoms with Crippen LogP contribution in [-0.4, -0.2) is 5.11 Å². The molecule has 1 aliphatic heterocycles. The molecule has 3 rings (SSSR count). The van der Waals surface area contributed by atoms with Gasteiger partial charge in [-0.05, 0) is 36.2 Å². The lowest BCUT2D eigenvalue weighted by atomic mass is 9.94. The molecule has 1 aliphatic rings. The smallest absolute Gasteiger partial charge is 0.128 e. The second kappa shape index (κ2) is 5.08. The minimum atomic E-state index is -0.663.